The molecular weight excluding hydrogens is 224 g/mol. The van der Waals surface area contributed by atoms with Crippen molar-refractivity contribution in [3.05, 3.63) is 48.2 Å². The molecule has 1 aromatic heterocycles. The number of aromatic carboxylic acids is 1. The molecule has 17 heavy (non-hydrogen) atoms. The number of aromatic nitrogens is 1. The maximum Gasteiger partial charge on any atom is 0.337 e. The van der Waals surface area contributed by atoms with Gasteiger partial charge in [-0.3, -0.25) is 4.79 Å². The molecule has 0 spiro atoms. The summed E-state index contributed by atoms with van der Waals surface area (Å²) in [5.74, 6) is -1.64. The molecule has 0 unspecified atom stereocenters. The van der Waals surface area contributed by atoms with E-state index in [0.29, 0.717) is 0 Å². The highest BCUT2D eigenvalue weighted by atomic mass is 16.4. The summed E-state index contributed by atoms with van der Waals surface area (Å²) in [7, 11) is 0. The van der Waals surface area contributed by atoms with Crippen LogP contribution in [-0.2, 0) is 0 Å². The van der Waals surface area contributed by atoms with Crippen molar-refractivity contribution >= 4 is 17.6 Å². The van der Waals surface area contributed by atoms with Crippen LogP contribution in [0.2, 0.25) is 0 Å². The number of carboxylic acids is 1. The van der Waals surface area contributed by atoms with Crippen LogP contribution in [0.3, 0.4) is 0 Å². The first-order valence-electron chi connectivity index (χ1n) is 4.70. The minimum Gasteiger partial charge on any atom is -0.478 e. The summed E-state index contributed by atoms with van der Waals surface area (Å²) in [6, 6.07) is 6.10. The van der Waals surface area contributed by atoms with E-state index in [0.717, 1.165) is 6.39 Å². The van der Waals surface area contributed by atoms with Crippen molar-refractivity contribution in [1.29, 1.82) is 0 Å². The lowest BCUT2D eigenvalue weighted by Crippen LogP contribution is -2.14. The van der Waals surface area contributed by atoms with E-state index >= 15 is 0 Å². The predicted molar refractivity (Wildman–Crippen MR) is 57.9 cm³/mol. The van der Waals surface area contributed by atoms with Crippen molar-refractivity contribution in [3.63, 3.8) is 0 Å². The zero-order valence-electron chi connectivity index (χ0n) is 8.58. The number of carboxylic acid groups (broad SMARTS) is 1. The Morgan fingerprint density at radius 2 is 2.06 bits per heavy atom. The van der Waals surface area contributed by atoms with Crippen LogP contribution in [-0.4, -0.2) is 22.0 Å². The fourth-order valence-corrected chi connectivity index (χ4v) is 1.29. The molecule has 0 aliphatic carbocycles. The number of nitrogens with one attached hydrogen (secondary N) is 1. The zero-order chi connectivity index (χ0) is 12.3. The van der Waals surface area contributed by atoms with Crippen LogP contribution in [0.4, 0.5) is 5.69 Å². The summed E-state index contributed by atoms with van der Waals surface area (Å²) >= 11 is 0. The Bertz CT molecular complexity index is 548. The number of rotatable bonds is 3. The van der Waals surface area contributed by atoms with Gasteiger partial charge in [-0.15, -0.1) is 0 Å². The van der Waals surface area contributed by atoms with Crippen molar-refractivity contribution in [2.24, 2.45) is 0 Å². The van der Waals surface area contributed by atoms with Crippen LogP contribution in [0.15, 0.2) is 41.3 Å². The van der Waals surface area contributed by atoms with Crippen LogP contribution in [0, 0.1) is 0 Å². The Hall–Kier alpha value is -2.63. The molecule has 0 bridgehead atoms. The third-order valence-corrected chi connectivity index (χ3v) is 2.06. The van der Waals surface area contributed by atoms with Gasteiger partial charge >= 0.3 is 5.97 Å². The van der Waals surface area contributed by atoms with Gasteiger partial charge in [-0.1, -0.05) is 12.1 Å². The third kappa shape index (κ3) is 2.31. The van der Waals surface area contributed by atoms with Crippen LogP contribution in [0.1, 0.15) is 20.9 Å². The predicted octanol–water partition coefficient (Wildman–Crippen LogP) is 1.63. The molecule has 0 saturated carbocycles. The van der Waals surface area contributed by atoms with Gasteiger partial charge in [-0.25, -0.2) is 9.78 Å². The van der Waals surface area contributed by atoms with E-state index < -0.39 is 11.9 Å². The fourth-order valence-electron chi connectivity index (χ4n) is 1.29. The average molecular weight is 232 g/mol. The lowest BCUT2D eigenvalue weighted by atomic mass is 10.2. The van der Waals surface area contributed by atoms with Crippen LogP contribution in [0.5, 0.6) is 0 Å². The number of oxazole rings is 1. The maximum absolute atomic E-state index is 11.6. The number of carbonyl (C=O) groups is 2. The Labute approximate surface area is 95.9 Å². The summed E-state index contributed by atoms with van der Waals surface area (Å²) in [6.07, 6.45) is 2.37. The molecule has 2 N–H and O–H groups in total. The van der Waals surface area contributed by atoms with Gasteiger partial charge in [0.2, 0.25) is 5.76 Å². The second-order valence-electron chi connectivity index (χ2n) is 3.17. The Balaban J connectivity index is 2.25. The summed E-state index contributed by atoms with van der Waals surface area (Å²) in [5, 5.41) is 11.4. The number of carbonyl (C=O) groups excluding carboxylic acids is 1. The third-order valence-electron chi connectivity index (χ3n) is 2.06. The summed E-state index contributed by atoms with van der Waals surface area (Å²) in [4.78, 5) is 26.1. The van der Waals surface area contributed by atoms with E-state index in [1.807, 2.05) is 0 Å². The van der Waals surface area contributed by atoms with E-state index in [4.69, 9.17) is 9.52 Å². The largest absolute Gasteiger partial charge is 0.478 e. The molecular formula is C11H8N2O4. The molecule has 0 aliphatic rings. The quantitative estimate of drug-likeness (QED) is 0.838. The monoisotopic (exact) mass is 232 g/mol. The molecule has 0 radical (unpaired) electrons. The summed E-state index contributed by atoms with van der Waals surface area (Å²) in [6.45, 7) is 0. The molecule has 0 fully saturated rings. The van der Waals surface area contributed by atoms with Gasteiger partial charge in [0.05, 0.1) is 17.4 Å². The molecule has 6 heteroatoms. The fraction of sp³-hybridized carbons (Fsp3) is 0. The highest BCUT2D eigenvalue weighted by Crippen LogP contribution is 2.15. The topological polar surface area (TPSA) is 92.4 Å². The van der Waals surface area contributed by atoms with Gasteiger partial charge in [0, 0.05) is 0 Å². The van der Waals surface area contributed by atoms with E-state index in [1.165, 1.54) is 18.3 Å². The summed E-state index contributed by atoms with van der Waals surface area (Å²) in [5.41, 5.74) is 0.224. The van der Waals surface area contributed by atoms with Crippen molar-refractivity contribution < 1.29 is 19.1 Å². The average Bonchev–Trinajstić information content (AvgIpc) is 2.83. The molecule has 6 nitrogen and oxygen atoms in total. The van der Waals surface area contributed by atoms with Crippen molar-refractivity contribution in [1.82, 2.24) is 4.98 Å². The van der Waals surface area contributed by atoms with Crippen LogP contribution in [0.25, 0.3) is 0 Å². The van der Waals surface area contributed by atoms with E-state index in [1.54, 1.807) is 12.1 Å². The number of hydrogen-bond acceptors (Lipinski definition) is 4. The standard InChI is InChI=1S/C11H8N2O4/c14-10(9-5-12-6-17-9)13-8-4-2-1-3-7(8)11(15)16/h1-6H,(H,13,14)(H,15,16). The van der Waals surface area contributed by atoms with Gasteiger partial charge in [0.15, 0.2) is 6.39 Å². The number of hydrogen-bond donors (Lipinski definition) is 2. The zero-order valence-corrected chi connectivity index (χ0v) is 8.58. The minimum absolute atomic E-state index is 0.0142. The first kappa shape index (κ1) is 10.9. The molecule has 0 atom stereocenters. The smallest absolute Gasteiger partial charge is 0.337 e. The molecule has 86 valence electrons. The Kier molecular flexibility index (Phi) is 2.87. The van der Waals surface area contributed by atoms with Crippen molar-refractivity contribution in [2.75, 3.05) is 5.32 Å². The highest BCUT2D eigenvalue weighted by Gasteiger charge is 2.14. The molecule has 0 saturated heterocycles. The minimum atomic E-state index is -1.11. The van der Waals surface area contributed by atoms with Crippen molar-refractivity contribution in [2.45, 2.75) is 0 Å². The van der Waals surface area contributed by atoms with Gasteiger partial charge in [0.1, 0.15) is 0 Å². The Morgan fingerprint density at radius 3 is 2.71 bits per heavy atom. The number of para-hydroxylation sites is 1. The molecule has 1 heterocycles. The molecule has 2 aromatic rings. The molecule has 1 amide bonds. The van der Waals surface area contributed by atoms with E-state index in [9.17, 15) is 9.59 Å². The van der Waals surface area contributed by atoms with Crippen LogP contribution >= 0.6 is 0 Å². The van der Waals surface area contributed by atoms with Crippen molar-refractivity contribution in [3.8, 4) is 0 Å². The highest BCUT2D eigenvalue weighted by molar-refractivity contribution is 6.06. The lowest BCUT2D eigenvalue weighted by molar-refractivity contribution is 0.0698. The van der Waals surface area contributed by atoms with Gasteiger partial charge < -0.3 is 14.8 Å². The summed E-state index contributed by atoms with van der Waals surface area (Å²) < 4.78 is 4.80. The Morgan fingerprint density at radius 1 is 1.29 bits per heavy atom. The molecule has 0 aliphatic heterocycles. The number of anilines is 1. The number of nitrogens with zero attached hydrogens (tertiary/aromatic N) is 1. The van der Waals surface area contributed by atoms with Gasteiger partial charge in [-0.2, -0.15) is 0 Å². The van der Waals surface area contributed by atoms with E-state index in [-0.39, 0.29) is 17.0 Å². The number of amides is 1. The molecule has 1 aromatic carbocycles. The van der Waals surface area contributed by atoms with Gasteiger partial charge in [0.25, 0.3) is 5.91 Å². The molecule has 2 rings (SSSR count). The second kappa shape index (κ2) is 4.48. The first-order valence-corrected chi connectivity index (χ1v) is 4.70. The second-order valence-corrected chi connectivity index (χ2v) is 3.17. The normalized spacial score (nSPS) is 9.88. The van der Waals surface area contributed by atoms with E-state index in [2.05, 4.69) is 10.3 Å². The first-order chi connectivity index (χ1) is 8.18. The van der Waals surface area contributed by atoms with Crippen LogP contribution < -0.4 is 5.32 Å². The number of benzene rings is 1. The maximum atomic E-state index is 11.6. The SMILES string of the molecule is O=C(Nc1ccccc1C(=O)O)c1cnco1. The lowest BCUT2D eigenvalue weighted by Gasteiger charge is -2.05. The van der Waals surface area contributed by atoms with Gasteiger partial charge in [-0.05, 0) is 12.1 Å².